The quantitative estimate of drug-likeness (QED) is 0.149. The summed E-state index contributed by atoms with van der Waals surface area (Å²) >= 11 is 0. The van der Waals surface area contributed by atoms with Gasteiger partial charge in [0.1, 0.15) is 5.82 Å². The number of hydrogen-bond acceptors (Lipinski definition) is 4. The molecule has 10 rings (SSSR count). The molecule has 0 unspecified atom stereocenters. The molecule has 0 saturated carbocycles. The van der Waals surface area contributed by atoms with Gasteiger partial charge in [0.25, 0.3) is 0 Å². The number of benzene rings is 7. The maximum absolute atomic E-state index is 8.99. The number of aromatic nitrogens is 2. The summed E-state index contributed by atoms with van der Waals surface area (Å²) in [6, 6.07) is 55.1. The number of anilines is 4. The zero-order chi connectivity index (χ0) is 42.0. The number of fused-ring (bicyclic) bond motifs is 4. The summed E-state index contributed by atoms with van der Waals surface area (Å²) in [4.78, 5) is 9.09. The molecule has 0 aliphatic carbocycles. The molecule has 0 fully saturated rings. The van der Waals surface area contributed by atoms with Crippen LogP contribution >= 0.6 is 0 Å². The van der Waals surface area contributed by atoms with Crippen LogP contribution in [0.2, 0.25) is 0 Å². The first-order valence-electron chi connectivity index (χ1n) is 21.0. The Morgan fingerprint density at radius 2 is 1.28 bits per heavy atom. The topological polar surface area (TPSA) is 33.5 Å². The number of hydrogen-bond donors (Lipinski definition) is 0. The van der Waals surface area contributed by atoms with E-state index in [-0.39, 0.29) is 50.6 Å². The predicted molar refractivity (Wildman–Crippen MR) is 234 cm³/mol. The van der Waals surface area contributed by atoms with Crippen LogP contribution < -0.4 is 14.5 Å². The van der Waals surface area contributed by atoms with E-state index < -0.39 is 0 Å². The summed E-state index contributed by atoms with van der Waals surface area (Å²) in [5, 5.41) is 1.02. The van der Waals surface area contributed by atoms with E-state index in [1.807, 2.05) is 54.6 Å². The summed E-state index contributed by atoms with van der Waals surface area (Å²) in [7, 11) is 0. The molecule has 0 spiro atoms. The molecular formula is C52H39N4OPt-3. The third-order valence-electron chi connectivity index (χ3n) is 10.4. The van der Waals surface area contributed by atoms with E-state index in [0.29, 0.717) is 39.1 Å². The van der Waals surface area contributed by atoms with Crippen LogP contribution in [-0.2, 0) is 26.5 Å². The summed E-state index contributed by atoms with van der Waals surface area (Å²) in [5.41, 5.74) is 9.98. The average Bonchev–Trinajstić information content (AvgIpc) is 3.84. The van der Waals surface area contributed by atoms with Gasteiger partial charge >= 0.3 is 0 Å². The number of ether oxygens (including phenoxy) is 1. The van der Waals surface area contributed by atoms with Crippen LogP contribution in [-0.4, -0.2) is 9.55 Å². The molecule has 0 amide bonds. The Balaban J connectivity index is 0.00000490. The van der Waals surface area contributed by atoms with E-state index in [2.05, 4.69) is 134 Å². The Morgan fingerprint density at radius 3 is 1.98 bits per heavy atom. The molecule has 3 heterocycles. The van der Waals surface area contributed by atoms with Gasteiger partial charge in [-0.2, -0.15) is 12.1 Å². The van der Waals surface area contributed by atoms with Gasteiger partial charge in [-0.1, -0.05) is 135 Å². The molecule has 0 saturated heterocycles. The third-order valence-corrected chi connectivity index (χ3v) is 10.4. The van der Waals surface area contributed by atoms with Gasteiger partial charge in [0.2, 0.25) is 0 Å². The molecule has 1 aliphatic rings. The van der Waals surface area contributed by atoms with Gasteiger partial charge in [-0.05, 0) is 57.8 Å². The Kier molecular flexibility index (Phi) is 8.53. The Morgan fingerprint density at radius 1 is 0.638 bits per heavy atom. The normalized spacial score (nSPS) is 13.4. The minimum absolute atomic E-state index is 0. The zero-order valence-corrected chi connectivity index (χ0v) is 34.3. The molecular weight excluding hydrogens is 892 g/mol. The molecule has 7 aromatic carbocycles. The minimum Gasteiger partial charge on any atom is -0.509 e. The number of pyridine rings is 1. The van der Waals surface area contributed by atoms with Crippen LogP contribution in [0.5, 0.6) is 11.5 Å². The van der Waals surface area contributed by atoms with Gasteiger partial charge in [0.05, 0.1) is 5.48 Å². The maximum Gasteiger partial charge on any atom is 0.135 e. The van der Waals surface area contributed by atoms with Crippen LogP contribution in [0.1, 0.15) is 31.8 Å². The molecule has 286 valence electrons. The second-order valence-electron chi connectivity index (χ2n) is 15.1. The first-order valence-corrected chi connectivity index (χ1v) is 19.0. The van der Waals surface area contributed by atoms with Crippen molar-refractivity contribution in [2.75, 3.05) is 9.80 Å². The van der Waals surface area contributed by atoms with E-state index in [1.54, 1.807) is 16.8 Å². The number of nitrogens with zero attached hydrogens (tertiary/aromatic N) is 4. The molecule has 9 aromatic rings. The van der Waals surface area contributed by atoms with Crippen LogP contribution in [0, 0.1) is 18.8 Å². The minimum atomic E-state index is -0.310. The van der Waals surface area contributed by atoms with Crippen molar-refractivity contribution in [3.8, 4) is 39.6 Å². The van der Waals surface area contributed by atoms with E-state index >= 15 is 0 Å². The molecule has 0 atom stereocenters. The van der Waals surface area contributed by atoms with Crippen molar-refractivity contribution in [3.05, 3.63) is 200 Å². The molecule has 0 radical (unpaired) electrons. The van der Waals surface area contributed by atoms with Gasteiger partial charge in [-0.15, -0.1) is 48.1 Å². The van der Waals surface area contributed by atoms with Crippen molar-refractivity contribution in [1.29, 1.82) is 0 Å². The van der Waals surface area contributed by atoms with Crippen molar-refractivity contribution < 1.29 is 31.3 Å². The summed E-state index contributed by atoms with van der Waals surface area (Å²) < 4.78 is 43.3. The molecule has 58 heavy (non-hydrogen) atoms. The Hall–Kier alpha value is -6.42. The molecule has 0 N–H and O–H groups in total. The van der Waals surface area contributed by atoms with Crippen LogP contribution in [0.4, 0.5) is 22.7 Å². The monoisotopic (exact) mass is 934 g/mol. The summed E-state index contributed by atoms with van der Waals surface area (Å²) in [5.74, 6) is 1.38. The van der Waals surface area contributed by atoms with Crippen molar-refractivity contribution in [1.82, 2.24) is 9.55 Å². The predicted octanol–water partition coefficient (Wildman–Crippen LogP) is 13.6. The van der Waals surface area contributed by atoms with Crippen molar-refractivity contribution in [2.45, 2.75) is 26.2 Å². The third kappa shape index (κ3) is 6.66. The Bertz CT molecular complexity index is 3090. The summed E-state index contributed by atoms with van der Waals surface area (Å²) in [6.45, 7) is 8.47. The zero-order valence-electron chi connectivity index (χ0n) is 36.0. The fourth-order valence-corrected chi connectivity index (χ4v) is 7.66. The van der Waals surface area contributed by atoms with Gasteiger partial charge in [-0.25, -0.2) is 4.98 Å². The van der Waals surface area contributed by atoms with E-state index in [0.717, 1.165) is 50.6 Å². The van der Waals surface area contributed by atoms with E-state index in [4.69, 9.17) is 15.2 Å². The second-order valence-corrected chi connectivity index (χ2v) is 15.1. The number of para-hydroxylation sites is 4. The maximum atomic E-state index is 8.99. The van der Waals surface area contributed by atoms with Crippen LogP contribution in [0.15, 0.2) is 176 Å². The summed E-state index contributed by atoms with van der Waals surface area (Å²) in [6.07, 6.45) is 1.73. The van der Waals surface area contributed by atoms with Crippen LogP contribution in [0.3, 0.4) is 0 Å². The fraction of sp³-hybridized carbons (Fsp3) is 0.0769. The molecule has 0 bridgehead atoms. The van der Waals surface area contributed by atoms with Crippen molar-refractivity contribution >= 4 is 44.6 Å². The van der Waals surface area contributed by atoms with E-state index in [1.165, 1.54) is 0 Å². The van der Waals surface area contributed by atoms with Gasteiger partial charge in [0, 0.05) is 72.5 Å². The molecule has 5 nitrogen and oxygen atoms in total. The molecule has 1 aliphatic heterocycles. The second kappa shape index (κ2) is 15.2. The van der Waals surface area contributed by atoms with Gasteiger partial charge < -0.3 is 19.1 Å². The smallest absolute Gasteiger partial charge is 0.135 e. The van der Waals surface area contributed by atoms with Crippen LogP contribution in [0.25, 0.3) is 49.9 Å². The fourth-order valence-electron chi connectivity index (χ4n) is 7.66. The van der Waals surface area contributed by atoms with Gasteiger partial charge in [-0.3, -0.25) is 0 Å². The first-order chi connectivity index (χ1) is 29.6. The molecule has 6 heteroatoms. The number of rotatable bonds is 7. The average molecular weight is 935 g/mol. The molecule has 2 aromatic heterocycles. The van der Waals surface area contributed by atoms with Gasteiger partial charge in [0.15, 0.2) is 0 Å². The first kappa shape index (κ1) is 32.6. The standard InChI is InChI=1S/C52H39N4O.Pt/c1-52(2,3)38-30-31-53-50(32-38)56-46-25-11-10-22-44(46)45-29-28-41(34-49(45)56)57-40-21-14-20-39(33-40)54-35-55(48-27-13-12-26-47(48)54)51-42(36-16-6-4-7-17-36)23-15-24-43(51)37-18-8-5-9-19-37;/h4-32,35H,1-3H3;/q-3;/i10D,11D,22D,25D;. The Labute approximate surface area is 359 Å². The van der Waals surface area contributed by atoms with Crippen molar-refractivity contribution in [3.63, 3.8) is 0 Å². The SMILES string of the molecule is [2H]c1c([2H])c([2H])c2c(c1[2H])c1ccc(Oc3[c-]c(N4[CH-]N(c5c(-c6ccccc6)cccc5-c5ccccc5)c5ccccc54)ccc3)[c-]c1n2-c1cc(C(C)(C)C)ccn1.[Pt]. The van der Waals surface area contributed by atoms with E-state index in [9.17, 15) is 0 Å². The largest absolute Gasteiger partial charge is 0.509 e. The van der Waals surface area contributed by atoms with Crippen molar-refractivity contribution in [2.24, 2.45) is 0 Å².